The van der Waals surface area contributed by atoms with Crippen molar-refractivity contribution in [3.63, 3.8) is 0 Å². The number of amides is 1. The van der Waals surface area contributed by atoms with E-state index in [9.17, 15) is 4.79 Å². The quantitative estimate of drug-likeness (QED) is 0.702. The average Bonchev–Trinajstić information content (AvgIpc) is 3.16. The number of aryl methyl sites for hydroxylation is 4. The molecule has 0 aliphatic carbocycles. The van der Waals surface area contributed by atoms with Gasteiger partial charge in [-0.05, 0) is 26.3 Å². The Bertz CT molecular complexity index is 863. The van der Waals surface area contributed by atoms with Gasteiger partial charge in [-0.3, -0.25) is 4.79 Å². The molecule has 0 aromatic carbocycles. The lowest BCUT2D eigenvalue weighted by Crippen LogP contribution is -2.26. The normalized spacial score (nSPS) is 11.1. The topological polar surface area (TPSA) is 77.1 Å². The van der Waals surface area contributed by atoms with E-state index < -0.39 is 0 Å². The second-order valence-corrected chi connectivity index (χ2v) is 5.84. The van der Waals surface area contributed by atoms with E-state index in [2.05, 4.69) is 31.9 Å². The van der Waals surface area contributed by atoms with E-state index in [0.717, 1.165) is 36.6 Å². The van der Waals surface area contributed by atoms with Gasteiger partial charge in [0.05, 0.1) is 5.69 Å². The lowest BCUT2D eigenvalue weighted by atomic mass is 10.3. The fourth-order valence-electron chi connectivity index (χ4n) is 2.76. The van der Waals surface area contributed by atoms with Gasteiger partial charge in [0, 0.05) is 43.7 Å². The first kappa shape index (κ1) is 16.2. The Morgan fingerprint density at radius 1 is 1.29 bits per heavy atom. The fourth-order valence-corrected chi connectivity index (χ4v) is 2.76. The molecule has 0 spiro atoms. The average molecular weight is 326 g/mol. The first-order chi connectivity index (χ1) is 11.6. The van der Waals surface area contributed by atoms with Gasteiger partial charge in [-0.1, -0.05) is 6.92 Å². The zero-order valence-corrected chi connectivity index (χ0v) is 14.3. The lowest BCUT2D eigenvalue weighted by molar-refractivity contribution is 0.0947. The van der Waals surface area contributed by atoms with Crippen LogP contribution in [0.15, 0.2) is 24.5 Å². The van der Waals surface area contributed by atoms with E-state index in [4.69, 9.17) is 0 Å². The van der Waals surface area contributed by atoms with Gasteiger partial charge in [0.15, 0.2) is 5.65 Å². The largest absolute Gasteiger partial charge is 0.351 e. The first-order valence-corrected chi connectivity index (χ1v) is 8.20. The number of aromatic nitrogens is 5. The van der Waals surface area contributed by atoms with Crippen LogP contribution < -0.4 is 5.32 Å². The molecule has 3 aromatic rings. The minimum absolute atomic E-state index is 0.152. The summed E-state index contributed by atoms with van der Waals surface area (Å²) in [4.78, 5) is 21.0. The molecule has 0 bridgehead atoms. The van der Waals surface area contributed by atoms with Crippen molar-refractivity contribution in [1.29, 1.82) is 0 Å². The van der Waals surface area contributed by atoms with Crippen molar-refractivity contribution >= 4 is 11.6 Å². The van der Waals surface area contributed by atoms with Crippen molar-refractivity contribution in [3.05, 3.63) is 47.4 Å². The molecule has 0 fully saturated rings. The minimum Gasteiger partial charge on any atom is -0.351 e. The van der Waals surface area contributed by atoms with Crippen LogP contribution in [0.1, 0.15) is 41.0 Å². The van der Waals surface area contributed by atoms with E-state index in [1.807, 2.05) is 32.3 Å². The third kappa shape index (κ3) is 3.29. The summed E-state index contributed by atoms with van der Waals surface area (Å²) in [6, 6.07) is 3.63. The SMILES string of the molecule is CCc1nccn1CCCNC(=O)c1cc(C)n2nc(C)cc2n1. The van der Waals surface area contributed by atoms with Crippen molar-refractivity contribution < 1.29 is 4.79 Å². The summed E-state index contributed by atoms with van der Waals surface area (Å²) >= 11 is 0. The van der Waals surface area contributed by atoms with Crippen LogP contribution in [0, 0.1) is 13.8 Å². The molecule has 0 atom stereocenters. The highest BCUT2D eigenvalue weighted by Crippen LogP contribution is 2.09. The lowest BCUT2D eigenvalue weighted by Gasteiger charge is -2.08. The van der Waals surface area contributed by atoms with Crippen LogP contribution in [0.3, 0.4) is 0 Å². The maximum absolute atomic E-state index is 12.3. The molecule has 3 aromatic heterocycles. The van der Waals surface area contributed by atoms with E-state index in [0.29, 0.717) is 17.9 Å². The van der Waals surface area contributed by atoms with Crippen molar-refractivity contribution in [2.45, 2.75) is 40.2 Å². The second-order valence-electron chi connectivity index (χ2n) is 5.84. The Morgan fingerprint density at radius 3 is 2.92 bits per heavy atom. The zero-order chi connectivity index (χ0) is 17.1. The standard InChI is InChI=1S/C17H22N6O/c1-4-15-18-7-9-22(15)8-5-6-19-17(24)14-11-13(3)23-16(20-14)10-12(2)21-23/h7,9-11H,4-6,8H2,1-3H3,(H,19,24). The molecule has 7 heteroatoms. The summed E-state index contributed by atoms with van der Waals surface area (Å²) in [7, 11) is 0. The Morgan fingerprint density at radius 2 is 2.12 bits per heavy atom. The van der Waals surface area contributed by atoms with Gasteiger partial charge in [-0.25, -0.2) is 14.5 Å². The number of hydrogen-bond acceptors (Lipinski definition) is 4. The number of imidazole rings is 1. The number of nitrogens with one attached hydrogen (secondary N) is 1. The molecular weight excluding hydrogens is 304 g/mol. The molecule has 0 aliphatic heterocycles. The van der Waals surface area contributed by atoms with Crippen LogP contribution in [0.5, 0.6) is 0 Å². The molecule has 0 radical (unpaired) electrons. The van der Waals surface area contributed by atoms with Crippen LogP contribution in [-0.4, -0.2) is 36.6 Å². The van der Waals surface area contributed by atoms with Crippen molar-refractivity contribution in [2.75, 3.05) is 6.54 Å². The monoisotopic (exact) mass is 326 g/mol. The van der Waals surface area contributed by atoms with Gasteiger partial charge in [-0.2, -0.15) is 5.10 Å². The third-order valence-electron chi connectivity index (χ3n) is 3.94. The summed E-state index contributed by atoms with van der Waals surface area (Å²) in [6.45, 7) is 7.36. The van der Waals surface area contributed by atoms with Gasteiger partial charge in [-0.15, -0.1) is 0 Å². The van der Waals surface area contributed by atoms with Gasteiger partial charge in [0.1, 0.15) is 11.5 Å². The van der Waals surface area contributed by atoms with Gasteiger partial charge in [0.25, 0.3) is 5.91 Å². The molecule has 24 heavy (non-hydrogen) atoms. The summed E-state index contributed by atoms with van der Waals surface area (Å²) in [6.07, 6.45) is 5.55. The van der Waals surface area contributed by atoms with E-state index in [1.54, 1.807) is 10.6 Å². The highest BCUT2D eigenvalue weighted by Gasteiger charge is 2.11. The fraction of sp³-hybridized carbons (Fsp3) is 0.412. The molecule has 7 nitrogen and oxygen atoms in total. The predicted octanol–water partition coefficient (Wildman–Crippen LogP) is 1.93. The van der Waals surface area contributed by atoms with Crippen LogP contribution in [-0.2, 0) is 13.0 Å². The molecule has 0 saturated heterocycles. The summed E-state index contributed by atoms with van der Waals surface area (Å²) < 4.78 is 3.87. The summed E-state index contributed by atoms with van der Waals surface area (Å²) in [5.41, 5.74) is 2.90. The maximum Gasteiger partial charge on any atom is 0.270 e. The number of hydrogen-bond donors (Lipinski definition) is 1. The van der Waals surface area contributed by atoms with Crippen molar-refractivity contribution in [2.24, 2.45) is 0 Å². The minimum atomic E-state index is -0.152. The summed E-state index contributed by atoms with van der Waals surface area (Å²) in [5.74, 6) is 0.918. The summed E-state index contributed by atoms with van der Waals surface area (Å²) in [5, 5.41) is 7.28. The van der Waals surface area contributed by atoms with Gasteiger partial charge < -0.3 is 9.88 Å². The molecule has 0 aliphatic rings. The van der Waals surface area contributed by atoms with Crippen LogP contribution in [0.2, 0.25) is 0 Å². The number of fused-ring (bicyclic) bond motifs is 1. The number of carbonyl (C=O) groups is 1. The second kappa shape index (κ2) is 6.82. The third-order valence-corrected chi connectivity index (χ3v) is 3.94. The van der Waals surface area contributed by atoms with Gasteiger partial charge >= 0.3 is 0 Å². The number of nitrogens with zero attached hydrogens (tertiary/aromatic N) is 5. The molecule has 0 unspecified atom stereocenters. The van der Waals surface area contributed by atoms with E-state index >= 15 is 0 Å². The Hall–Kier alpha value is -2.70. The number of carbonyl (C=O) groups excluding carboxylic acids is 1. The maximum atomic E-state index is 12.3. The molecular formula is C17H22N6O. The molecule has 3 heterocycles. The number of rotatable bonds is 6. The van der Waals surface area contributed by atoms with Crippen LogP contribution in [0.25, 0.3) is 5.65 Å². The first-order valence-electron chi connectivity index (χ1n) is 8.20. The smallest absolute Gasteiger partial charge is 0.270 e. The molecule has 0 saturated carbocycles. The Labute approximate surface area is 140 Å². The zero-order valence-electron chi connectivity index (χ0n) is 14.3. The highest BCUT2D eigenvalue weighted by atomic mass is 16.1. The van der Waals surface area contributed by atoms with Crippen molar-refractivity contribution in [1.82, 2.24) is 29.5 Å². The van der Waals surface area contributed by atoms with Crippen molar-refractivity contribution in [3.8, 4) is 0 Å². The van der Waals surface area contributed by atoms with Crippen LogP contribution in [0.4, 0.5) is 0 Å². The Balaban J connectivity index is 1.59. The molecule has 3 rings (SSSR count). The predicted molar refractivity (Wildman–Crippen MR) is 91.0 cm³/mol. The Kier molecular flexibility index (Phi) is 4.59. The highest BCUT2D eigenvalue weighted by molar-refractivity contribution is 5.92. The van der Waals surface area contributed by atoms with Gasteiger partial charge in [0.2, 0.25) is 0 Å². The molecule has 126 valence electrons. The molecule has 1 amide bonds. The van der Waals surface area contributed by atoms with Crippen LogP contribution >= 0.6 is 0 Å². The molecule has 1 N–H and O–H groups in total. The van der Waals surface area contributed by atoms with E-state index in [1.165, 1.54) is 0 Å². The van der Waals surface area contributed by atoms with E-state index in [-0.39, 0.29) is 5.91 Å².